The van der Waals surface area contributed by atoms with E-state index >= 15 is 0 Å². The van der Waals surface area contributed by atoms with Crippen LogP contribution in [0.4, 0.5) is 0 Å². The third-order valence-electron chi connectivity index (χ3n) is 5.46. The lowest BCUT2D eigenvalue weighted by Gasteiger charge is -2.44. The van der Waals surface area contributed by atoms with Gasteiger partial charge in [0.2, 0.25) is 0 Å². The lowest BCUT2D eigenvalue weighted by Crippen LogP contribution is -2.48. The maximum absolute atomic E-state index is 3.51. The average molecular weight is 252 g/mol. The molecule has 3 atom stereocenters. The van der Waals surface area contributed by atoms with E-state index in [4.69, 9.17) is 0 Å². The predicted molar refractivity (Wildman–Crippen MR) is 78.8 cm³/mol. The van der Waals surface area contributed by atoms with Gasteiger partial charge in [0.25, 0.3) is 0 Å². The quantitative estimate of drug-likeness (QED) is 0.827. The minimum absolute atomic E-state index is 0.883. The summed E-state index contributed by atoms with van der Waals surface area (Å²) in [6.07, 6.45) is 7.17. The SMILES string of the molecule is CCNCC1CCN(C2CCCC(C)C2C)CC1. The number of nitrogens with zero attached hydrogens (tertiary/aromatic N) is 1. The van der Waals surface area contributed by atoms with E-state index in [0.717, 1.165) is 30.3 Å². The fourth-order valence-corrected chi connectivity index (χ4v) is 3.91. The van der Waals surface area contributed by atoms with Gasteiger partial charge in [-0.05, 0) is 63.2 Å². The van der Waals surface area contributed by atoms with E-state index in [1.54, 1.807) is 0 Å². The lowest BCUT2D eigenvalue weighted by molar-refractivity contribution is 0.0524. The number of hydrogen-bond acceptors (Lipinski definition) is 2. The van der Waals surface area contributed by atoms with Gasteiger partial charge in [0.05, 0.1) is 0 Å². The summed E-state index contributed by atoms with van der Waals surface area (Å²) in [4.78, 5) is 2.81. The second-order valence-electron chi connectivity index (χ2n) is 6.62. The van der Waals surface area contributed by atoms with Crippen molar-refractivity contribution in [3.63, 3.8) is 0 Å². The summed E-state index contributed by atoms with van der Waals surface area (Å²) < 4.78 is 0. The Labute approximate surface area is 114 Å². The first kappa shape index (κ1) is 14.3. The van der Waals surface area contributed by atoms with Crippen LogP contribution >= 0.6 is 0 Å². The topological polar surface area (TPSA) is 15.3 Å². The van der Waals surface area contributed by atoms with Crippen molar-refractivity contribution in [2.75, 3.05) is 26.2 Å². The summed E-state index contributed by atoms with van der Waals surface area (Å²) in [5.74, 6) is 2.77. The van der Waals surface area contributed by atoms with Crippen LogP contribution in [-0.2, 0) is 0 Å². The molecule has 1 aliphatic heterocycles. The highest BCUT2D eigenvalue weighted by molar-refractivity contribution is 4.87. The normalized spacial score (nSPS) is 35.8. The van der Waals surface area contributed by atoms with E-state index in [1.165, 1.54) is 51.7 Å². The Bertz CT molecular complexity index is 233. The van der Waals surface area contributed by atoms with Crippen molar-refractivity contribution in [2.45, 2.75) is 58.9 Å². The zero-order valence-electron chi connectivity index (χ0n) is 12.6. The van der Waals surface area contributed by atoms with Gasteiger partial charge in [-0.15, -0.1) is 0 Å². The summed E-state index contributed by atoms with van der Waals surface area (Å²) in [5.41, 5.74) is 0. The molecule has 0 radical (unpaired) electrons. The third kappa shape index (κ3) is 3.48. The summed E-state index contributed by atoms with van der Waals surface area (Å²) in [5, 5.41) is 3.51. The van der Waals surface area contributed by atoms with Gasteiger partial charge in [-0.3, -0.25) is 0 Å². The fraction of sp³-hybridized carbons (Fsp3) is 1.00. The van der Waals surface area contributed by atoms with Crippen molar-refractivity contribution < 1.29 is 0 Å². The van der Waals surface area contributed by atoms with Crippen molar-refractivity contribution in [3.05, 3.63) is 0 Å². The number of hydrogen-bond donors (Lipinski definition) is 1. The molecule has 0 aromatic heterocycles. The van der Waals surface area contributed by atoms with E-state index in [-0.39, 0.29) is 0 Å². The molecule has 1 N–H and O–H groups in total. The molecule has 0 aromatic carbocycles. The molecular weight excluding hydrogens is 220 g/mol. The Balaban J connectivity index is 1.78. The monoisotopic (exact) mass is 252 g/mol. The van der Waals surface area contributed by atoms with E-state index in [0.29, 0.717) is 0 Å². The molecule has 18 heavy (non-hydrogen) atoms. The summed E-state index contributed by atoms with van der Waals surface area (Å²) in [7, 11) is 0. The van der Waals surface area contributed by atoms with E-state index in [9.17, 15) is 0 Å². The Morgan fingerprint density at radius 3 is 2.44 bits per heavy atom. The summed E-state index contributed by atoms with van der Waals surface area (Å²) in [6, 6.07) is 0.883. The van der Waals surface area contributed by atoms with Gasteiger partial charge in [-0.25, -0.2) is 0 Å². The average Bonchev–Trinajstić information content (AvgIpc) is 2.40. The molecule has 1 saturated heterocycles. The van der Waals surface area contributed by atoms with Crippen LogP contribution in [0.2, 0.25) is 0 Å². The fourth-order valence-electron chi connectivity index (χ4n) is 3.91. The van der Waals surface area contributed by atoms with Crippen molar-refractivity contribution in [2.24, 2.45) is 17.8 Å². The molecule has 1 heterocycles. The standard InChI is InChI=1S/C16H32N2/c1-4-17-12-15-8-10-18(11-9-15)16-7-5-6-13(2)14(16)3/h13-17H,4-12H2,1-3H3. The number of likely N-dealkylation sites (tertiary alicyclic amines) is 1. The highest BCUT2D eigenvalue weighted by Gasteiger charge is 2.33. The number of nitrogens with one attached hydrogen (secondary N) is 1. The van der Waals surface area contributed by atoms with Gasteiger partial charge in [-0.2, -0.15) is 0 Å². The minimum Gasteiger partial charge on any atom is -0.317 e. The van der Waals surface area contributed by atoms with Gasteiger partial charge in [0.1, 0.15) is 0 Å². The van der Waals surface area contributed by atoms with E-state index < -0.39 is 0 Å². The highest BCUT2D eigenvalue weighted by Crippen LogP contribution is 2.34. The molecule has 3 unspecified atom stereocenters. The molecule has 2 fully saturated rings. The van der Waals surface area contributed by atoms with Crippen LogP contribution < -0.4 is 5.32 Å². The predicted octanol–water partition coefficient (Wildman–Crippen LogP) is 3.13. The third-order valence-corrected chi connectivity index (χ3v) is 5.46. The van der Waals surface area contributed by atoms with Crippen LogP contribution in [0.5, 0.6) is 0 Å². The Morgan fingerprint density at radius 2 is 1.78 bits per heavy atom. The molecule has 1 aliphatic carbocycles. The minimum atomic E-state index is 0.883. The zero-order valence-corrected chi connectivity index (χ0v) is 12.6. The van der Waals surface area contributed by atoms with Gasteiger partial charge in [0.15, 0.2) is 0 Å². The molecule has 2 rings (SSSR count). The van der Waals surface area contributed by atoms with Crippen molar-refractivity contribution >= 4 is 0 Å². The van der Waals surface area contributed by atoms with Gasteiger partial charge >= 0.3 is 0 Å². The van der Waals surface area contributed by atoms with Crippen LogP contribution in [0.1, 0.15) is 52.9 Å². The zero-order chi connectivity index (χ0) is 13.0. The smallest absolute Gasteiger partial charge is 0.0123 e. The summed E-state index contributed by atoms with van der Waals surface area (Å²) in [6.45, 7) is 12.2. The van der Waals surface area contributed by atoms with Gasteiger partial charge in [0, 0.05) is 6.04 Å². The second-order valence-corrected chi connectivity index (χ2v) is 6.62. The lowest BCUT2D eigenvalue weighted by atomic mass is 9.76. The number of rotatable bonds is 4. The maximum atomic E-state index is 3.51. The highest BCUT2D eigenvalue weighted by atomic mass is 15.2. The molecule has 0 amide bonds. The molecule has 2 aliphatic rings. The molecule has 2 heteroatoms. The molecule has 2 nitrogen and oxygen atoms in total. The van der Waals surface area contributed by atoms with Gasteiger partial charge < -0.3 is 10.2 Å². The van der Waals surface area contributed by atoms with Crippen LogP contribution in [0.3, 0.4) is 0 Å². The molecule has 0 aromatic rings. The molecule has 106 valence electrons. The molecular formula is C16H32N2. The Kier molecular flexibility index (Phi) is 5.50. The largest absolute Gasteiger partial charge is 0.317 e. The van der Waals surface area contributed by atoms with E-state index in [2.05, 4.69) is 31.0 Å². The Morgan fingerprint density at radius 1 is 1.06 bits per heavy atom. The van der Waals surface area contributed by atoms with E-state index in [1.807, 2.05) is 0 Å². The van der Waals surface area contributed by atoms with Crippen molar-refractivity contribution in [1.82, 2.24) is 10.2 Å². The first-order valence-electron chi connectivity index (χ1n) is 8.17. The molecule has 1 saturated carbocycles. The van der Waals surface area contributed by atoms with Gasteiger partial charge in [-0.1, -0.05) is 33.6 Å². The first-order chi connectivity index (χ1) is 8.72. The van der Waals surface area contributed by atoms with Crippen LogP contribution in [-0.4, -0.2) is 37.1 Å². The molecule has 0 bridgehead atoms. The number of piperidine rings is 1. The van der Waals surface area contributed by atoms with Crippen molar-refractivity contribution in [1.29, 1.82) is 0 Å². The van der Waals surface area contributed by atoms with Crippen LogP contribution in [0.25, 0.3) is 0 Å². The first-order valence-corrected chi connectivity index (χ1v) is 8.17. The van der Waals surface area contributed by atoms with Crippen LogP contribution in [0.15, 0.2) is 0 Å². The second kappa shape index (κ2) is 6.91. The summed E-state index contributed by atoms with van der Waals surface area (Å²) >= 11 is 0. The Hall–Kier alpha value is -0.0800. The van der Waals surface area contributed by atoms with Crippen molar-refractivity contribution in [3.8, 4) is 0 Å². The molecule has 0 spiro atoms. The van der Waals surface area contributed by atoms with Crippen LogP contribution in [0, 0.1) is 17.8 Å². The maximum Gasteiger partial charge on any atom is 0.0123 e.